The first-order chi connectivity index (χ1) is 8.59. The van der Waals surface area contributed by atoms with Crippen LogP contribution in [0.15, 0.2) is 42.7 Å². The van der Waals surface area contributed by atoms with Crippen molar-refractivity contribution in [3.8, 4) is 0 Å². The molecule has 2 aromatic rings. The van der Waals surface area contributed by atoms with E-state index in [4.69, 9.17) is 11.6 Å². The fourth-order valence-corrected chi connectivity index (χ4v) is 1.66. The molecule has 0 spiro atoms. The summed E-state index contributed by atoms with van der Waals surface area (Å²) in [6.45, 7) is 0. The van der Waals surface area contributed by atoms with Crippen LogP contribution in [-0.4, -0.2) is 15.7 Å². The average Bonchev–Trinajstić information content (AvgIpc) is 2.39. The number of pyridine rings is 1. The molecule has 6 heteroatoms. The highest BCUT2D eigenvalue weighted by Gasteiger charge is 2.17. The van der Waals surface area contributed by atoms with E-state index in [2.05, 4.69) is 4.98 Å². The van der Waals surface area contributed by atoms with Gasteiger partial charge in [-0.05, 0) is 18.2 Å². The molecule has 0 saturated carbocycles. The molecule has 1 aromatic carbocycles. The van der Waals surface area contributed by atoms with E-state index in [0.717, 1.165) is 6.07 Å². The maximum absolute atomic E-state index is 12.1. The first-order valence-corrected chi connectivity index (χ1v) is 5.36. The summed E-state index contributed by atoms with van der Waals surface area (Å²) in [6.07, 6.45) is 2.92. The zero-order valence-electron chi connectivity index (χ0n) is 9.04. The van der Waals surface area contributed by atoms with Crippen LogP contribution in [0.5, 0.6) is 0 Å². The number of aromatic nitrogens is 1. The lowest BCUT2D eigenvalue weighted by molar-refractivity contribution is -0.384. The maximum Gasteiger partial charge on any atom is 0.270 e. The Morgan fingerprint density at radius 1 is 1.33 bits per heavy atom. The number of ketones is 1. The molecule has 90 valence electrons. The summed E-state index contributed by atoms with van der Waals surface area (Å²) < 4.78 is 0. The molecule has 2 rings (SSSR count). The summed E-state index contributed by atoms with van der Waals surface area (Å²) in [5, 5.41) is 10.8. The Balaban J connectivity index is 2.48. The van der Waals surface area contributed by atoms with Gasteiger partial charge in [-0.3, -0.25) is 19.9 Å². The number of halogens is 1. The van der Waals surface area contributed by atoms with E-state index < -0.39 is 10.7 Å². The molecular formula is C12H7ClN2O3. The van der Waals surface area contributed by atoms with Crippen LogP contribution in [0, 0.1) is 10.1 Å². The van der Waals surface area contributed by atoms with Gasteiger partial charge < -0.3 is 0 Å². The molecule has 1 heterocycles. The van der Waals surface area contributed by atoms with Crippen molar-refractivity contribution in [2.75, 3.05) is 0 Å². The van der Waals surface area contributed by atoms with E-state index in [1.165, 1.54) is 24.5 Å². The number of hydrogen-bond acceptors (Lipinski definition) is 4. The molecule has 0 aliphatic carbocycles. The van der Waals surface area contributed by atoms with Crippen molar-refractivity contribution >= 4 is 23.1 Å². The van der Waals surface area contributed by atoms with Crippen LogP contribution < -0.4 is 0 Å². The smallest absolute Gasteiger partial charge is 0.270 e. The van der Waals surface area contributed by atoms with Crippen LogP contribution in [-0.2, 0) is 0 Å². The molecule has 0 unspecified atom stereocenters. The molecule has 0 radical (unpaired) electrons. The molecule has 0 fully saturated rings. The van der Waals surface area contributed by atoms with E-state index >= 15 is 0 Å². The van der Waals surface area contributed by atoms with Crippen molar-refractivity contribution in [1.82, 2.24) is 4.98 Å². The van der Waals surface area contributed by atoms with E-state index in [1.54, 1.807) is 12.1 Å². The van der Waals surface area contributed by atoms with Crippen LogP contribution in [0.25, 0.3) is 0 Å². The Labute approximate surface area is 107 Å². The highest BCUT2D eigenvalue weighted by Crippen LogP contribution is 2.24. The summed E-state index contributed by atoms with van der Waals surface area (Å²) in [7, 11) is 0. The van der Waals surface area contributed by atoms with Crippen molar-refractivity contribution in [2.45, 2.75) is 0 Å². The lowest BCUT2D eigenvalue weighted by Crippen LogP contribution is -2.03. The van der Waals surface area contributed by atoms with Gasteiger partial charge in [0, 0.05) is 35.7 Å². The zero-order valence-corrected chi connectivity index (χ0v) is 9.79. The first kappa shape index (κ1) is 12.2. The average molecular weight is 263 g/mol. The number of carbonyl (C=O) groups is 1. The quantitative estimate of drug-likeness (QED) is 0.484. The van der Waals surface area contributed by atoms with E-state index in [1.807, 2.05) is 0 Å². The lowest BCUT2D eigenvalue weighted by Gasteiger charge is -2.03. The van der Waals surface area contributed by atoms with Crippen molar-refractivity contribution < 1.29 is 9.72 Å². The Morgan fingerprint density at radius 3 is 2.72 bits per heavy atom. The summed E-state index contributed by atoms with van der Waals surface area (Å²) in [5.74, 6) is -0.392. The largest absolute Gasteiger partial charge is 0.288 e. The third kappa shape index (κ3) is 2.36. The van der Waals surface area contributed by atoms with Gasteiger partial charge in [-0.2, -0.15) is 0 Å². The number of hydrogen-bond donors (Lipinski definition) is 0. The minimum atomic E-state index is -0.573. The van der Waals surface area contributed by atoms with Crippen molar-refractivity contribution in [3.63, 3.8) is 0 Å². The van der Waals surface area contributed by atoms with Crippen LogP contribution in [0.4, 0.5) is 5.69 Å². The molecule has 1 aromatic heterocycles. The van der Waals surface area contributed by atoms with Crippen molar-refractivity contribution in [1.29, 1.82) is 0 Å². The minimum absolute atomic E-state index is 0.0962. The van der Waals surface area contributed by atoms with Gasteiger partial charge in [0.25, 0.3) is 5.69 Å². The number of nitrogens with zero attached hydrogens (tertiary/aromatic N) is 2. The van der Waals surface area contributed by atoms with Crippen LogP contribution >= 0.6 is 11.6 Å². The SMILES string of the molecule is O=C(c1cccnc1)c1cc([N+](=O)[O-])ccc1Cl. The van der Waals surface area contributed by atoms with Gasteiger partial charge in [0.15, 0.2) is 5.78 Å². The number of nitro benzene ring substituents is 1. The summed E-state index contributed by atoms with van der Waals surface area (Å²) in [5.41, 5.74) is 0.255. The molecule has 0 aliphatic rings. The molecule has 5 nitrogen and oxygen atoms in total. The number of rotatable bonds is 3. The Bertz CT molecular complexity index is 614. The van der Waals surface area contributed by atoms with Gasteiger partial charge in [0.05, 0.1) is 9.95 Å². The number of nitro groups is 1. The molecule has 0 amide bonds. The second-order valence-corrected chi connectivity index (χ2v) is 3.90. The topological polar surface area (TPSA) is 73.1 Å². The van der Waals surface area contributed by atoms with E-state index in [9.17, 15) is 14.9 Å². The Hall–Kier alpha value is -2.27. The molecule has 0 atom stereocenters. The maximum atomic E-state index is 12.1. The summed E-state index contributed by atoms with van der Waals surface area (Å²) >= 11 is 5.88. The second kappa shape index (κ2) is 4.93. The van der Waals surface area contributed by atoms with Crippen LogP contribution in [0.3, 0.4) is 0 Å². The first-order valence-electron chi connectivity index (χ1n) is 4.98. The van der Waals surface area contributed by atoms with Gasteiger partial charge in [0.1, 0.15) is 0 Å². The predicted molar refractivity (Wildman–Crippen MR) is 65.8 cm³/mol. The van der Waals surface area contributed by atoms with Crippen LogP contribution in [0.1, 0.15) is 15.9 Å². The molecule has 0 aliphatic heterocycles. The van der Waals surface area contributed by atoms with Crippen LogP contribution in [0.2, 0.25) is 5.02 Å². The standard InChI is InChI=1S/C12H7ClN2O3/c13-11-4-3-9(15(17)18)6-10(11)12(16)8-2-1-5-14-7-8/h1-7H. The third-order valence-electron chi connectivity index (χ3n) is 2.33. The highest BCUT2D eigenvalue weighted by atomic mass is 35.5. The van der Waals surface area contributed by atoms with Crippen molar-refractivity contribution in [3.05, 3.63) is 69.0 Å². The summed E-state index contributed by atoms with van der Waals surface area (Å²) in [4.78, 5) is 26.0. The number of benzene rings is 1. The van der Waals surface area contributed by atoms with Crippen molar-refractivity contribution in [2.24, 2.45) is 0 Å². The minimum Gasteiger partial charge on any atom is -0.288 e. The van der Waals surface area contributed by atoms with Gasteiger partial charge in [-0.1, -0.05) is 11.6 Å². The molecule has 0 bridgehead atoms. The Morgan fingerprint density at radius 2 is 2.11 bits per heavy atom. The van der Waals surface area contributed by atoms with E-state index in [0.29, 0.717) is 5.56 Å². The Kier molecular flexibility index (Phi) is 3.34. The van der Waals surface area contributed by atoms with Gasteiger partial charge >= 0.3 is 0 Å². The molecule has 0 saturated heterocycles. The molecule has 18 heavy (non-hydrogen) atoms. The summed E-state index contributed by atoms with van der Waals surface area (Å²) in [6, 6.07) is 6.94. The second-order valence-electron chi connectivity index (χ2n) is 3.49. The monoisotopic (exact) mass is 262 g/mol. The molecule has 0 N–H and O–H groups in total. The highest BCUT2D eigenvalue weighted by molar-refractivity contribution is 6.35. The lowest BCUT2D eigenvalue weighted by atomic mass is 10.0. The fourth-order valence-electron chi connectivity index (χ4n) is 1.45. The van der Waals surface area contributed by atoms with Gasteiger partial charge in [-0.15, -0.1) is 0 Å². The fraction of sp³-hybridized carbons (Fsp3) is 0. The van der Waals surface area contributed by atoms with Gasteiger partial charge in [-0.25, -0.2) is 0 Å². The van der Waals surface area contributed by atoms with E-state index in [-0.39, 0.29) is 16.3 Å². The normalized spacial score (nSPS) is 10.1. The zero-order chi connectivity index (χ0) is 13.1. The van der Waals surface area contributed by atoms with Gasteiger partial charge in [0.2, 0.25) is 0 Å². The predicted octanol–water partition coefficient (Wildman–Crippen LogP) is 2.87. The number of carbonyl (C=O) groups excluding carboxylic acids is 1. The third-order valence-corrected chi connectivity index (χ3v) is 2.66. The number of non-ortho nitro benzene ring substituents is 1. The molecular weight excluding hydrogens is 256 g/mol.